The lowest BCUT2D eigenvalue weighted by molar-refractivity contribution is 0.769. The lowest BCUT2D eigenvalue weighted by atomic mass is 9.67. The van der Waals surface area contributed by atoms with Crippen LogP contribution in [0.5, 0.6) is 0 Å². The van der Waals surface area contributed by atoms with Gasteiger partial charge in [-0.2, -0.15) is 0 Å². The predicted molar refractivity (Wildman–Crippen MR) is 254 cm³/mol. The first-order valence-corrected chi connectivity index (χ1v) is 21.0. The van der Waals surface area contributed by atoms with E-state index in [0.717, 1.165) is 33.5 Å². The molecule has 11 aromatic rings. The highest BCUT2D eigenvalue weighted by molar-refractivity contribution is 6.08. The molecule has 0 aliphatic heterocycles. The quantitative estimate of drug-likeness (QED) is 0.168. The van der Waals surface area contributed by atoms with Crippen LogP contribution in [0.3, 0.4) is 0 Å². The van der Waals surface area contributed by atoms with E-state index in [9.17, 15) is 0 Å². The van der Waals surface area contributed by atoms with Gasteiger partial charge in [-0.05, 0) is 89.0 Å². The maximum Gasteiger partial charge on any atom is 0.160 e. The van der Waals surface area contributed by atoms with E-state index in [0.29, 0.717) is 5.82 Å². The van der Waals surface area contributed by atoms with Gasteiger partial charge in [-0.25, -0.2) is 9.97 Å². The van der Waals surface area contributed by atoms with E-state index >= 15 is 0 Å². The van der Waals surface area contributed by atoms with Gasteiger partial charge in [-0.3, -0.25) is 0 Å². The van der Waals surface area contributed by atoms with Gasteiger partial charge in [0.1, 0.15) is 0 Å². The van der Waals surface area contributed by atoms with E-state index in [1.54, 1.807) is 0 Å². The van der Waals surface area contributed by atoms with Gasteiger partial charge in [0.05, 0.1) is 16.8 Å². The Hall–Kier alpha value is -7.94. The zero-order valence-corrected chi connectivity index (χ0v) is 33.3. The molecule has 2 heteroatoms. The van der Waals surface area contributed by atoms with Crippen molar-refractivity contribution in [3.05, 3.63) is 253 Å². The number of hydrogen-bond donors (Lipinski definition) is 0. The number of fused-ring (bicyclic) bond motifs is 7. The minimum Gasteiger partial charge on any atom is -0.228 e. The van der Waals surface area contributed by atoms with Crippen molar-refractivity contribution in [3.63, 3.8) is 0 Å². The van der Waals surface area contributed by atoms with Crippen molar-refractivity contribution in [1.29, 1.82) is 0 Å². The molecule has 0 bridgehead atoms. The van der Waals surface area contributed by atoms with E-state index in [2.05, 4.69) is 224 Å². The second-order valence-corrected chi connectivity index (χ2v) is 16.0. The van der Waals surface area contributed by atoms with Crippen LogP contribution in [0.1, 0.15) is 22.3 Å². The van der Waals surface area contributed by atoms with Crippen LogP contribution in [0, 0.1) is 0 Å². The van der Waals surface area contributed by atoms with E-state index in [-0.39, 0.29) is 0 Å². The second kappa shape index (κ2) is 14.1. The Morgan fingerprint density at radius 1 is 0.295 bits per heavy atom. The highest BCUT2D eigenvalue weighted by Gasteiger charge is 2.46. The van der Waals surface area contributed by atoms with E-state index in [1.807, 2.05) is 6.07 Å². The summed E-state index contributed by atoms with van der Waals surface area (Å²) in [6.07, 6.45) is 0. The van der Waals surface area contributed by atoms with Crippen LogP contribution in [0.4, 0.5) is 0 Å². The summed E-state index contributed by atoms with van der Waals surface area (Å²) in [5.41, 5.74) is 14.6. The molecule has 12 rings (SSSR count). The fourth-order valence-corrected chi connectivity index (χ4v) is 10.1. The Bertz CT molecular complexity index is 3420. The fraction of sp³-hybridized carbons (Fsp3) is 0.0169. The third kappa shape index (κ3) is 5.50. The van der Waals surface area contributed by atoms with Gasteiger partial charge in [0, 0.05) is 16.7 Å². The van der Waals surface area contributed by atoms with Crippen LogP contribution in [0.15, 0.2) is 231 Å². The van der Waals surface area contributed by atoms with Crippen LogP contribution >= 0.6 is 0 Å². The summed E-state index contributed by atoms with van der Waals surface area (Å²) in [6.45, 7) is 0. The van der Waals surface area contributed by atoms with Gasteiger partial charge >= 0.3 is 0 Å². The average Bonchev–Trinajstić information content (AvgIpc) is 3.65. The zero-order valence-electron chi connectivity index (χ0n) is 33.3. The minimum absolute atomic E-state index is 0.479. The molecule has 0 amide bonds. The first-order chi connectivity index (χ1) is 30.3. The first-order valence-electron chi connectivity index (χ1n) is 21.0. The van der Waals surface area contributed by atoms with Gasteiger partial charge in [0.2, 0.25) is 0 Å². The molecule has 1 aliphatic carbocycles. The first kappa shape index (κ1) is 35.0. The summed E-state index contributed by atoms with van der Waals surface area (Å²) < 4.78 is 0. The molecule has 0 N–H and O–H groups in total. The van der Waals surface area contributed by atoms with Crippen molar-refractivity contribution in [3.8, 4) is 56.2 Å². The lowest BCUT2D eigenvalue weighted by Gasteiger charge is -2.34. The Morgan fingerprint density at radius 3 is 1.49 bits per heavy atom. The SMILES string of the molecule is c1ccc(-c2nc(-c3cccc4ccccc34)cc(-c3ccc(-c4ccc5c(c4)-c4c(ccc6ccccc46)C5(c4ccccc4)c4ccccc4)c4ccccc34)n2)cc1. The maximum atomic E-state index is 5.30. The van der Waals surface area contributed by atoms with Gasteiger partial charge in [-0.1, -0.05) is 218 Å². The van der Waals surface area contributed by atoms with Crippen molar-refractivity contribution in [1.82, 2.24) is 9.97 Å². The standard InChI is InChI=1S/C59H38N2/c1-4-19-41(20-5-1)58-60-55(50-30-16-21-39-17-10-12-26-45(39)50)38-56(61-58)51-34-33-46(48-28-14-15-29-49(48)51)42-32-35-53-52(37-42)57-47-27-13-11-18-40(47)31-36-54(57)59(53,43-22-6-2-7-23-43)44-24-8-3-9-25-44/h1-38H. The molecular weight excluding hydrogens is 737 g/mol. The second-order valence-electron chi connectivity index (χ2n) is 16.0. The Balaban J connectivity index is 1.08. The normalized spacial score (nSPS) is 12.7. The summed E-state index contributed by atoms with van der Waals surface area (Å²) in [6, 6.07) is 83.6. The number of hydrogen-bond acceptors (Lipinski definition) is 2. The van der Waals surface area contributed by atoms with E-state index in [4.69, 9.17) is 9.97 Å². The molecular formula is C59H38N2. The number of rotatable bonds is 6. The lowest BCUT2D eigenvalue weighted by Crippen LogP contribution is -2.28. The van der Waals surface area contributed by atoms with Crippen molar-refractivity contribution in [2.24, 2.45) is 0 Å². The third-order valence-electron chi connectivity index (χ3n) is 12.8. The van der Waals surface area contributed by atoms with E-state index in [1.165, 1.54) is 71.4 Å². The van der Waals surface area contributed by atoms with Gasteiger partial charge < -0.3 is 0 Å². The summed E-state index contributed by atoms with van der Waals surface area (Å²) in [7, 11) is 0. The number of aromatic nitrogens is 2. The molecule has 2 nitrogen and oxygen atoms in total. The van der Waals surface area contributed by atoms with Gasteiger partial charge in [0.25, 0.3) is 0 Å². The molecule has 0 atom stereocenters. The Morgan fingerprint density at radius 2 is 0.803 bits per heavy atom. The highest BCUT2D eigenvalue weighted by atomic mass is 14.9. The molecule has 0 spiro atoms. The monoisotopic (exact) mass is 774 g/mol. The summed E-state index contributed by atoms with van der Waals surface area (Å²) in [4.78, 5) is 10.5. The predicted octanol–water partition coefficient (Wildman–Crippen LogP) is 15.0. The molecule has 1 aromatic heterocycles. The van der Waals surface area contributed by atoms with Crippen molar-refractivity contribution in [2.75, 3.05) is 0 Å². The van der Waals surface area contributed by atoms with Gasteiger partial charge in [-0.15, -0.1) is 0 Å². The van der Waals surface area contributed by atoms with Crippen molar-refractivity contribution >= 4 is 32.3 Å². The average molecular weight is 775 g/mol. The molecule has 0 radical (unpaired) electrons. The Labute approximate surface area is 355 Å². The molecule has 0 saturated carbocycles. The molecule has 0 saturated heterocycles. The van der Waals surface area contributed by atoms with Crippen LogP contribution in [-0.2, 0) is 5.41 Å². The van der Waals surface area contributed by atoms with Crippen LogP contribution in [-0.4, -0.2) is 9.97 Å². The van der Waals surface area contributed by atoms with Crippen LogP contribution in [0.2, 0.25) is 0 Å². The van der Waals surface area contributed by atoms with E-state index < -0.39 is 5.41 Å². The summed E-state index contributed by atoms with van der Waals surface area (Å²) >= 11 is 0. The number of nitrogens with zero attached hydrogens (tertiary/aromatic N) is 2. The van der Waals surface area contributed by atoms with Gasteiger partial charge in [0.15, 0.2) is 5.82 Å². The fourth-order valence-electron chi connectivity index (χ4n) is 10.1. The van der Waals surface area contributed by atoms with Crippen LogP contribution in [0.25, 0.3) is 88.5 Å². The smallest absolute Gasteiger partial charge is 0.160 e. The van der Waals surface area contributed by atoms with Crippen LogP contribution < -0.4 is 0 Å². The molecule has 1 aliphatic rings. The number of benzene rings is 10. The zero-order chi connectivity index (χ0) is 40.3. The van der Waals surface area contributed by atoms with Crippen molar-refractivity contribution < 1.29 is 0 Å². The Kier molecular flexibility index (Phi) is 8.11. The molecule has 10 aromatic carbocycles. The topological polar surface area (TPSA) is 25.8 Å². The summed E-state index contributed by atoms with van der Waals surface area (Å²) in [5.74, 6) is 0.707. The van der Waals surface area contributed by atoms with Crippen molar-refractivity contribution in [2.45, 2.75) is 5.41 Å². The molecule has 61 heavy (non-hydrogen) atoms. The maximum absolute atomic E-state index is 5.30. The largest absolute Gasteiger partial charge is 0.228 e. The molecule has 284 valence electrons. The molecule has 0 unspecified atom stereocenters. The molecule has 0 fully saturated rings. The molecule has 1 heterocycles. The summed E-state index contributed by atoms with van der Waals surface area (Å²) in [5, 5.41) is 7.20. The minimum atomic E-state index is -0.479. The third-order valence-corrected chi connectivity index (χ3v) is 12.8. The highest BCUT2D eigenvalue weighted by Crippen LogP contribution is 2.58.